The summed E-state index contributed by atoms with van der Waals surface area (Å²) in [5, 5.41) is 19.4. The highest BCUT2D eigenvalue weighted by molar-refractivity contribution is 5.66. The van der Waals surface area contributed by atoms with Crippen molar-refractivity contribution in [2.45, 2.75) is 98.0 Å². The van der Waals surface area contributed by atoms with Gasteiger partial charge < -0.3 is 10.2 Å². The van der Waals surface area contributed by atoms with Crippen molar-refractivity contribution in [2.75, 3.05) is 0 Å². The number of carbonyl (C=O) groups is 1. The van der Waals surface area contributed by atoms with Gasteiger partial charge in [0.05, 0.1) is 6.10 Å². The zero-order chi connectivity index (χ0) is 20.3. The summed E-state index contributed by atoms with van der Waals surface area (Å²) < 4.78 is 0. The quantitative estimate of drug-likeness (QED) is 0.642. The molecule has 0 unspecified atom stereocenters. The molecule has 3 heteroatoms. The summed E-state index contributed by atoms with van der Waals surface area (Å²) in [5.74, 6) is 4.55. The Kier molecular flexibility index (Phi) is 5.39. The number of aliphatic hydroxyl groups excluding tert-OH is 1. The maximum absolute atomic E-state index is 11.1. The average Bonchev–Trinajstić information content (AvgIpc) is 2.98. The average molecular weight is 391 g/mol. The van der Waals surface area contributed by atoms with E-state index in [1.165, 1.54) is 38.5 Å². The van der Waals surface area contributed by atoms with Crippen LogP contribution in [0.15, 0.2) is 0 Å². The molecule has 0 aromatic rings. The van der Waals surface area contributed by atoms with Crippen LogP contribution >= 0.6 is 0 Å². The smallest absolute Gasteiger partial charge is 0.303 e. The zero-order valence-corrected chi connectivity index (χ0v) is 18.5. The third-order valence-corrected chi connectivity index (χ3v) is 10.6. The van der Waals surface area contributed by atoms with Crippen molar-refractivity contribution in [3.05, 3.63) is 0 Å². The van der Waals surface area contributed by atoms with Gasteiger partial charge in [-0.05, 0) is 110 Å². The molecular formula is C25H42O3. The first-order valence-electron chi connectivity index (χ1n) is 12.1. The van der Waals surface area contributed by atoms with Gasteiger partial charge in [-0.1, -0.05) is 27.7 Å². The van der Waals surface area contributed by atoms with Crippen molar-refractivity contribution in [1.29, 1.82) is 0 Å². The van der Waals surface area contributed by atoms with Crippen LogP contribution in [-0.2, 0) is 4.79 Å². The second kappa shape index (κ2) is 7.29. The Bertz CT molecular complexity index is 603. The number of hydrogen-bond donors (Lipinski definition) is 2. The molecular weight excluding hydrogens is 348 g/mol. The van der Waals surface area contributed by atoms with Crippen LogP contribution in [0.25, 0.3) is 0 Å². The molecule has 0 saturated heterocycles. The third kappa shape index (κ3) is 3.15. The van der Waals surface area contributed by atoms with Gasteiger partial charge in [0.1, 0.15) is 0 Å². The van der Waals surface area contributed by atoms with Crippen molar-refractivity contribution < 1.29 is 15.0 Å². The Morgan fingerprint density at radius 3 is 2.43 bits per heavy atom. The van der Waals surface area contributed by atoms with Gasteiger partial charge in [-0.2, -0.15) is 0 Å². The predicted molar refractivity (Wildman–Crippen MR) is 112 cm³/mol. The van der Waals surface area contributed by atoms with Crippen LogP contribution in [-0.4, -0.2) is 22.3 Å². The fourth-order valence-electron chi connectivity index (χ4n) is 9.14. The highest BCUT2D eigenvalue weighted by Crippen LogP contribution is 2.69. The number of carboxylic acid groups (broad SMARTS) is 1. The first kappa shape index (κ1) is 20.7. The van der Waals surface area contributed by atoms with Gasteiger partial charge in [0, 0.05) is 6.42 Å². The van der Waals surface area contributed by atoms with E-state index < -0.39 is 5.97 Å². The van der Waals surface area contributed by atoms with Crippen molar-refractivity contribution >= 4 is 5.97 Å². The molecule has 4 aliphatic rings. The minimum atomic E-state index is -0.644. The van der Waals surface area contributed by atoms with Crippen LogP contribution < -0.4 is 0 Å². The Hall–Kier alpha value is -0.570. The van der Waals surface area contributed by atoms with E-state index >= 15 is 0 Å². The molecule has 0 heterocycles. The highest BCUT2D eigenvalue weighted by atomic mass is 16.4. The molecule has 0 amide bonds. The molecule has 10 atom stereocenters. The lowest BCUT2D eigenvalue weighted by Crippen LogP contribution is -2.56. The Balaban J connectivity index is 1.55. The lowest BCUT2D eigenvalue weighted by molar-refractivity contribution is -0.150. The molecule has 0 spiro atoms. The van der Waals surface area contributed by atoms with E-state index in [9.17, 15) is 9.90 Å². The van der Waals surface area contributed by atoms with Gasteiger partial charge in [0.2, 0.25) is 0 Å². The largest absolute Gasteiger partial charge is 0.481 e. The van der Waals surface area contributed by atoms with Crippen molar-refractivity contribution in [3.8, 4) is 0 Å². The van der Waals surface area contributed by atoms with Crippen LogP contribution in [0.2, 0.25) is 0 Å². The summed E-state index contributed by atoms with van der Waals surface area (Å²) >= 11 is 0. The fourth-order valence-corrected chi connectivity index (χ4v) is 9.14. The van der Waals surface area contributed by atoms with E-state index in [2.05, 4.69) is 27.7 Å². The zero-order valence-electron chi connectivity index (χ0n) is 18.5. The lowest BCUT2D eigenvalue weighted by atomic mass is 9.42. The van der Waals surface area contributed by atoms with Crippen LogP contribution in [0.1, 0.15) is 91.9 Å². The van der Waals surface area contributed by atoms with Crippen LogP contribution in [0, 0.1) is 52.3 Å². The lowest BCUT2D eigenvalue weighted by Gasteiger charge is -2.63. The fraction of sp³-hybridized carbons (Fsp3) is 0.960. The first-order chi connectivity index (χ1) is 13.2. The molecule has 28 heavy (non-hydrogen) atoms. The van der Waals surface area contributed by atoms with E-state index in [-0.39, 0.29) is 6.10 Å². The van der Waals surface area contributed by atoms with Gasteiger partial charge in [-0.25, -0.2) is 0 Å². The Labute approximate surface area is 171 Å². The molecule has 4 saturated carbocycles. The van der Waals surface area contributed by atoms with Gasteiger partial charge in [0.15, 0.2) is 0 Å². The minimum absolute atomic E-state index is 0.0679. The summed E-state index contributed by atoms with van der Waals surface area (Å²) in [7, 11) is 0. The normalized spacial score (nSPS) is 51.7. The molecule has 0 radical (unpaired) electrons. The van der Waals surface area contributed by atoms with Crippen molar-refractivity contribution in [3.63, 3.8) is 0 Å². The molecule has 160 valence electrons. The number of fused-ring (bicyclic) bond motifs is 5. The van der Waals surface area contributed by atoms with Crippen LogP contribution in [0.3, 0.4) is 0 Å². The van der Waals surface area contributed by atoms with E-state index in [4.69, 9.17) is 5.11 Å². The number of carboxylic acids is 1. The number of rotatable bonds is 4. The van der Waals surface area contributed by atoms with E-state index in [0.29, 0.717) is 35.0 Å². The minimum Gasteiger partial charge on any atom is -0.481 e. The summed E-state index contributed by atoms with van der Waals surface area (Å²) in [6.07, 6.45) is 11.0. The molecule has 4 fully saturated rings. The summed E-state index contributed by atoms with van der Waals surface area (Å²) in [4.78, 5) is 11.1. The molecule has 0 aromatic carbocycles. The summed E-state index contributed by atoms with van der Waals surface area (Å²) in [5.41, 5.74) is 0.843. The maximum atomic E-state index is 11.1. The van der Waals surface area contributed by atoms with E-state index in [1.807, 2.05) is 0 Å². The first-order valence-corrected chi connectivity index (χ1v) is 12.1. The van der Waals surface area contributed by atoms with E-state index in [0.717, 1.165) is 42.9 Å². The molecule has 0 bridgehead atoms. The van der Waals surface area contributed by atoms with Gasteiger partial charge in [-0.15, -0.1) is 0 Å². The second-order valence-electron chi connectivity index (χ2n) is 11.8. The maximum Gasteiger partial charge on any atom is 0.303 e. The van der Waals surface area contributed by atoms with Crippen LogP contribution in [0.5, 0.6) is 0 Å². The van der Waals surface area contributed by atoms with Gasteiger partial charge >= 0.3 is 5.97 Å². The topological polar surface area (TPSA) is 57.5 Å². The number of aliphatic carboxylic acids is 1. The van der Waals surface area contributed by atoms with Crippen molar-refractivity contribution in [2.24, 2.45) is 52.3 Å². The molecule has 4 aliphatic carbocycles. The van der Waals surface area contributed by atoms with Crippen LogP contribution in [0.4, 0.5) is 0 Å². The Morgan fingerprint density at radius 2 is 1.71 bits per heavy atom. The summed E-state index contributed by atoms with van der Waals surface area (Å²) in [6, 6.07) is 0. The second-order valence-corrected chi connectivity index (χ2v) is 11.8. The highest BCUT2D eigenvalue weighted by Gasteiger charge is 2.62. The van der Waals surface area contributed by atoms with Crippen molar-refractivity contribution in [1.82, 2.24) is 0 Å². The summed E-state index contributed by atoms with van der Waals surface area (Å²) in [6.45, 7) is 9.95. The van der Waals surface area contributed by atoms with E-state index in [1.54, 1.807) is 0 Å². The molecule has 0 aromatic heterocycles. The monoisotopic (exact) mass is 390 g/mol. The molecule has 3 nitrogen and oxygen atoms in total. The molecule has 4 rings (SSSR count). The number of hydrogen-bond acceptors (Lipinski definition) is 2. The molecule has 0 aliphatic heterocycles. The predicted octanol–water partition coefficient (Wildman–Crippen LogP) is 5.75. The standard InChI is InChI=1S/C25H42O3/c1-15(5-8-22(27)28)19-6-7-20-23-16(2)13-17-14-18(26)9-11-24(17,3)21(23)10-12-25(19,20)4/h15-21,23,26H,5-14H2,1-4H3,(H,27,28)/t15-,16+,17-,18-,19-,20+,21+,23+,24+,25-/m1/s1. The van der Waals surface area contributed by atoms with Gasteiger partial charge in [0.25, 0.3) is 0 Å². The molecule has 2 N–H and O–H groups in total. The SMILES string of the molecule is C[C@H](CCC(=O)O)[C@H]1CC[C@H]2[C@@H]3[C@@H](C)C[C@@H]4C[C@H](O)CC[C@]4(C)[C@H]3CC[C@]12C. The third-order valence-electron chi connectivity index (χ3n) is 10.6. The number of aliphatic hydroxyl groups is 1. The van der Waals surface area contributed by atoms with Gasteiger partial charge in [-0.3, -0.25) is 4.79 Å². The Morgan fingerprint density at radius 1 is 1.04 bits per heavy atom.